The van der Waals surface area contributed by atoms with E-state index in [1.807, 2.05) is 0 Å². The molecule has 0 aliphatic carbocycles. The molecule has 134 valence electrons. The molecular formula is C24H23N2O+. The lowest BCUT2D eigenvalue weighted by atomic mass is 9.96. The minimum absolute atomic E-state index is 0.0694. The zero-order valence-electron chi connectivity index (χ0n) is 22.6. The Bertz CT molecular complexity index is 1510. The highest BCUT2D eigenvalue weighted by Crippen LogP contribution is 2.41. The molecule has 0 N–H and O–H groups in total. The van der Waals surface area contributed by atoms with Crippen molar-refractivity contribution >= 4 is 27.6 Å². The van der Waals surface area contributed by atoms with Gasteiger partial charge < -0.3 is 4.42 Å². The number of rotatable bonds is 2. The Balaban J connectivity index is 2.27. The van der Waals surface area contributed by atoms with Gasteiger partial charge in [-0.25, -0.2) is 9.41 Å². The lowest BCUT2D eigenvalue weighted by Gasteiger charge is -2.10. The van der Waals surface area contributed by atoms with E-state index in [0.717, 1.165) is 0 Å². The van der Waals surface area contributed by atoms with Crippen molar-refractivity contribution in [3.63, 3.8) is 0 Å². The van der Waals surface area contributed by atoms with Crippen LogP contribution in [0.2, 0.25) is 0 Å². The van der Waals surface area contributed by atoms with Crippen LogP contribution in [0.15, 0.2) is 46.9 Å². The quantitative estimate of drug-likeness (QED) is 0.300. The predicted octanol–water partition coefficient (Wildman–Crippen LogP) is 6.37. The summed E-state index contributed by atoms with van der Waals surface area (Å²) in [5.41, 5.74) is 1.97. The van der Waals surface area contributed by atoms with E-state index in [1.54, 1.807) is 46.0 Å². The minimum atomic E-state index is -2.46. The maximum atomic E-state index is 8.78. The molecule has 0 spiro atoms. The third-order valence-corrected chi connectivity index (χ3v) is 4.72. The highest BCUT2D eigenvalue weighted by molar-refractivity contribution is 6.14. The number of aromatic nitrogens is 1. The number of furan rings is 1. The normalized spacial score (nSPS) is 16.0. The van der Waals surface area contributed by atoms with Crippen molar-refractivity contribution < 1.29 is 18.6 Å². The van der Waals surface area contributed by atoms with Gasteiger partial charge in [-0.15, -0.1) is 0 Å². The molecule has 4 aromatic rings. The fourth-order valence-corrected chi connectivity index (χ4v) is 3.39. The van der Waals surface area contributed by atoms with Crippen LogP contribution in [0.3, 0.4) is 0 Å². The predicted molar refractivity (Wildman–Crippen MR) is 110 cm³/mol. The van der Waals surface area contributed by atoms with Gasteiger partial charge in [-0.3, -0.25) is 0 Å². The smallest absolute Gasteiger partial charge is 0.229 e. The van der Waals surface area contributed by atoms with E-state index in [-0.39, 0.29) is 51.9 Å². The van der Waals surface area contributed by atoms with Crippen molar-refractivity contribution in [3.05, 3.63) is 70.6 Å². The van der Waals surface area contributed by atoms with Gasteiger partial charge in [-0.1, -0.05) is 38.1 Å². The lowest BCUT2D eigenvalue weighted by molar-refractivity contribution is -0.660. The van der Waals surface area contributed by atoms with Crippen LogP contribution in [0.25, 0.3) is 38.0 Å². The summed E-state index contributed by atoms with van der Waals surface area (Å²) < 4.78 is 66.2. The van der Waals surface area contributed by atoms with Gasteiger partial charge in [0.05, 0.1) is 14.9 Å². The van der Waals surface area contributed by atoms with Crippen LogP contribution >= 0.6 is 0 Å². The van der Waals surface area contributed by atoms with Crippen LogP contribution in [0.4, 0.5) is 5.69 Å². The van der Waals surface area contributed by atoms with Gasteiger partial charge in [0.15, 0.2) is 6.17 Å². The zero-order chi connectivity index (χ0) is 25.3. The molecule has 0 atom stereocenters. The standard InChI is InChI=1S/C24H23N2O/c1-14(2)17-10-11-20(26(6)13-17)22-16(4)12-15(3)21-18-8-7-9-19(25-5)23(18)27-24(21)22/h7-14H,1-4,6H3/q+1/i3D3,10D,11D,13D,14D. The maximum Gasteiger partial charge on any atom is 0.229 e. The zero-order valence-corrected chi connectivity index (χ0v) is 15.6. The fraction of sp³-hybridized carbons (Fsp3) is 0.250. The van der Waals surface area contributed by atoms with Crippen LogP contribution in [0, 0.1) is 20.3 Å². The summed E-state index contributed by atoms with van der Waals surface area (Å²) in [4.78, 5) is 3.51. The number of benzene rings is 2. The summed E-state index contributed by atoms with van der Waals surface area (Å²) in [5, 5.41) is 0.801. The third-order valence-electron chi connectivity index (χ3n) is 4.72. The molecule has 27 heavy (non-hydrogen) atoms. The van der Waals surface area contributed by atoms with E-state index in [0.29, 0.717) is 21.9 Å². The van der Waals surface area contributed by atoms with Gasteiger partial charge in [0.25, 0.3) is 0 Å². The van der Waals surface area contributed by atoms with E-state index < -0.39 is 12.7 Å². The molecule has 3 nitrogen and oxygen atoms in total. The molecule has 0 aliphatic heterocycles. The van der Waals surface area contributed by atoms with E-state index in [2.05, 4.69) is 4.85 Å². The average Bonchev–Trinajstić information content (AvgIpc) is 3.11. The van der Waals surface area contributed by atoms with Crippen molar-refractivity contribution in [2.75, 3.05) is 0 Å². The lowest BCUT2D eigenvalue weighted by Crippen LogP contribution is -2.31. The average molecular weight is 363 g/mol. The van der Waals surface area contributed by atoms with Gasteiger partial charge in [-0.2, -0.15) is 0 Å². The molecule has 0 saturated heterocycles. The summed E-state index contributed by atoms with van der Waals surface area (Å²) in [6.45, 7) is 9.86. The highest BCUT2D eigenvalue weighted by atomic mass is 16.3. The summed E-state index contributed by atoms with van der Waals surface area (Å²) in [6.07, 6.45) is -0.0820. The molecule has 4 rings (SSSR count). The monoisotopic (exact) mass is 362 g/mol. The molecule has 2 heterocycles. The Labute approximate surface area is 169 Å². The van der Waals surface area contributed by atoms with Crippen molar-refractivity contribution in [1.29, 1.82) is 0 Å². The molecule has 0 fully saturated rings. The Morgan fingerprint density at radius 3 is 2.78 bits per heavy atom. The molecule has 2 aromatic carbocycles. The molecule has 0 amide bonds. The van der Waals surface area contributed by atoms with Crippen molar-refractivity contribution in [2.24, 2.45) is 7.05 Å². The Hall–Kier alpha value is -3.12. The first kappa shape index (κ1) is 10.9. The molecule has 0 aliphatic rings. The molecule has 0 saturated carbocycles. The van der Waals surface area contributed by atoms with Crippen LogP contribution in [0.5, 0.6) is 0 Å². The van der Waals surface area contributed by atoms with Gasteiger partial charge in [0.2, 0.25) is 11.4 Å². The summed E-state index contributed by atoms with van der Waals surface area (Å²) in [7, 11) is 1.58. The van der Waals surface area contributed by atoms with E-state index in [4.69, 9.17) is 20.6 Å². The first-order valence-electron chi connectivity index (χ1n) is 12.1. The molecule has 3 heteroatoms. The second-order valence-electron chi connectivity index (χ2n) is 6.83. The van der Waals surface area contributed by atoms with Crippen LogP contribution in [0.1, 0.15) is 46.0 Å². The first-order valence-corrected chi connectivity index (χ1v) is 8.57. The molecular weight excluding hydrogens is 332 g/mol. The Kier molecular flexibility index (Phi) is 2.52. The number of hydrogen-bond donors (Lipinski definition) is 0. The minimum Gasteiger partial charge on any atom is -0.466 e. The molecule has 0 radical (unpaired) electrons. The number of fused-ring (bicyclic) bond motifs is 3. The molecule has 0 unspecified atom stereocenters. The van der Waals surface area contributed by atoms with E-state index >= 15 is 0 Å². The Morgan fingerprint density at radius 2 is 2.07 bits per heavy atom. The SMILES string of the molecule is [2H]c1c([2H])c(-c2c(C)cc(C([2H])([2H])[2H])c3c2oc2c([N+]#[C-])cccc23)[n+](C)c([2H])c1C([2H])(C)C. The van der Waals surface area contributed by atoms with Gasteiger partial charge in [-0.05, 0) is 36.8 Å². The second kappa shape index (κ2) is 6.25. The van der Waals surface area contributed by atoms with Crippen molar-refractivity contribution in [2.45, 2.75) is 33.5 Å². The summed E-state index contributed by atoms with van der Waals surface area (Å²) in [6, 6.07) is 6.06. The third kappa shape index (κ3) is 2.61. The van der Waals surface area contributed by atoms with Gasteiger partial charge >= 0.3 is 0 Å². The topological polar surface area (TPSA) is 21.4 Å². The number of nitrogens with zero attached hydrogens (tertiary/aromatic N) is 2. The Morgan fingerprint density at radius 1 is 1.26 bits per heavy atom. The first-order chi connectivity index (χ1) is 15.7. The second-order valence-corrected chi connectivity index (χ2v) is 6.83. The number of hydrogen-bond acceptors (Lipinski definition) is 1. The largest absolute Gasteiger partial charge is 0.466 e. The maximum absolute atomic E-state index is 8.78. The van der Waals surface area contributed by atoms with Crippen molar-refractivity contribution in [3.8, 4) is 11.3 Å². The number of aryl methyl sites for hydroxylation is 2. The molecule has 2 aromatic heterocycles. The summed E-state index contributed by atoms with van der Waals surface area (Å²) in [5.74, 6) is -1.26. The van der Waals surface area contributed by atoms with Crippen LogP contribution < -0.4 is 4.57 Å². The van der Waals surface area contributed by atoms with E-state index in [9.17, 15) is 0 Å². The van der Waals surface area contributed by atoms with Crippen LogP contribution in [-0.4, -0.2) is 0 Å². The van der Waals surface area contributed by atoms with Gasteiger partial charge in [0, 0.05) is 27.9 Å². The van der Waals surface area contributed by atoms with Crippen LogP contribution in [-0.2, 0) is 7.05 Å². The number of pyridine rings is 1. The van der Waals surface area contributed by atoms with Gasteiger partial charge in [0.1, 0.15) is 19.6 Å². The van der Waals surface area contributed by atoms with E-state index in [1.165, 1.54) is 10.6 Å². The highest BCUT2D eigenvalue weighted by Gasteiger charge is 2.23. The van der Waals surface area contributed by atoms with Crippen molar-refractivity contribution in [1.82, 2.24) is 0 Å². The summed E-state index contributed by atoms with van der Waals surface area (Å²) >= 11 is 0. The fourth-order valence-electron chi connectivity index (χ4n) is 3.39. The number of para-hydroxylation sites is 1. The molecule has 0 bridgehead atoms.